The minimum atomic E-state index is -0.533. The third kappa shape index (κ3) is 6.61. The molecule has 5 nitrogen and oxygen atoms in total. The number of rotatable bonds is 11. The van der Waals surface area contributed by atoms with Crippen molar-refractivity contribution in [3.05, 3.63) is 65.2 Å². The second-order valence-corrected chi connectivity index (χ2v) is 7.57. The van der Waals surface area contributed by atoms with Crippen molar-refractivity contribution in [2.75, 3.05) is 13.2 Å². The van der Waals surface area contributed by atoms with Crippen LogP contribution in [0.3, 0.4) is 0 Å². The summed E-state index contributed by atoms with van der Waals surface area (Å²) in [6.07, 6.45) is 2.47. The lowest BCUT2D eigenvalue weighted by Gasteiger charge is -2.31. The molecule has 0 aliphatic heterocycles. The molecule has 5 heteroatoms. The van der Waals surface area contributed by atoms with Gasteiger partial charge in [-0.2, -0.15) is 0 Å². The molecule has 0 aliphatic carbocycles. The van der Waals surface area contributed by atoms with Crippen LogP contribution >= 0.6 is 0 Å². The summed E-state index contributed by atoms with van der Waals surface area (Å²) in [5, 5.41) is 2.98. The Morgan fingerprint density at radius 2 is 1.67 bits per heavy atom. The van der Waals surface area contributed by atoms with Crippen LogP contribution < -0.4 is 10.1 Å². The monoisotopic (exact) mass is 410 g/mol. The largest absolute Gasteiger partial charge is 0.484 e. The SMILES string of the molecule is CCCCNC(=O)[C@@H](CC)N(Cc1ccccc1C)C(=O)COc1ccccc1C. The Hall–Kier alpha value is -2.82. The van der Waals surface area contributed by atoms with Crippen molar-refractivity contribution in [1.82, 2.24) is 10.2 Å². The number of amides is 2. The highest BCUT2D eigenvalue weighted by molar-refractivity contribution is 5.88. The highest BCUT2D eigenvalue weighted by Gasteiger charge is 2.29. The number of unbranched alkanes of at least 4 members (excludes halogenated alkanes) is 1. The van der Waals surface area contributed by atoms with E-state index in [1.54, 1.807) is 4.90 Å². The van der Waals surface area contributed by atoms with Crippen molar-refractivity contribution in [1.29, 1.82) is 0 Å². The number of carbonyl (C=O) groups excluding carboxylic acids is 2. The predicted molar refractivity (Wildman–Crippen MR) is 120 cm³/mol. The summed E-state index contributed by atoms with van der Waals surface area (Å²) in [4.78, 5) is 27.7. The number of carbonyl (C=O) groups is 2. The number of hydrogen-bond donors (Lipinski definition) is 1. The molecule has 1 N–H and O–H groups in total. The zero-order chi connectivity index (χ0) is 21.9. The van der Waals surface area contributed by atoms with Crippen LogP contribution in [0.1, 0.15) is 49.8 Å². The molecule has 0 unspecified atom stereocenters. The fourth-order valence-electron chi connectivity index (χ4n) is 3.34. The molecular formula is C25H34N2O3. The lowest BCUT2D eigenvalue weighted by atomic mass is 10.1. The molecule has 0 aromatic heterocycles. The van der Waals surface area contributed by atoms with Gasteiger partial charge in [-0.25, -0.2) is 0 Å². The van der Waals surface area contributed by atoms with Crippen molar-refractivity contribution in [2.24, 2.45) is 0 Å². The van der Waals surface area contributed by atoms with Crippen molar-refractivity contribution in [3.8, 4) is 5.75 Å². The Kier molecular flexibility index (Phi) is 9.39. The molecule has 1 atom stereocenters. The van der Waals surface area contributed by atoms with E-state index in [0.29, 0.717) is 25.3 Å². The van der Waals surface area contributed by atoms with Gasteiger partial charge in [0, 0.05) is 13.1 Å². The zero-order valence-electron chi connectivity index (χ0n) is 18.6. The molecule has 2 rings (SSSR count). The van der Waals surface area contributed by atoms with Gasteiger partial charge in [0.1, 0.15) is 11.8 Å². The molecule has 0 heterocycles. The van der Waals surface area contributed by atoms with E-state index >= 15 is 0 Å². The highest BCUT2D eigenvalue weighted by atomic mass is 16.5. The van der Waals surface area contributed by atoms with Crippen molar-refractivity contribution >= 4 is 11.8 Å². The first-order chi connectivity index (χ1) is 14.5. The van der Waals surface area contributed by atoms with E-state index in [9.17, 15) is 9.59 Å². The average molecular weight is 411 g/mol. The summed E-state index contributed by atoms with van der Waals surface area (Å²) in [5.74, 6) is 0.380. The standard InChI is InChI=1S/C25H34N2O3/c1-5-7-16-26-25(29)22(6-2)27(17-21-14-10-8-12-19(21)3)24(28)18-30-23-15-11-9-13-20(23)4/h8-15,22H,5-7,16-18H2,1-4H3,(H,26,29)/t22-/m1/s1. The van der Waals surface area contributed by atoms with Crippen molar-refractivity contribution in [2.45, 2.75) is 59.5 Å². The number of ether oxygens (including phenoxy) is 1. The minimum Gasteiger partial charge on any atom is -0.484 e. The first-order valence-electron chi connectivity index (χ1n) is 10.8. The van der Waals surface area contributed by atoms with Gasteiger partial charge in [-0.3, -0.25) is 9.59 Å². The van der Waals surface area contributed by atoms with Crippen LogP contribution in [0.15, 0.2) is 48.5 Å². The van der Waals surface area contributed by atoms with Gasteiger partial charge in [-0.1, -0.05) is 62.7 Å². The fourth-order valence-corrected chi connectivity index (χ4v) is 3.34. The number of nitrogens with one attached hydrogen (secondary N) is 1. The summed E-state index contributed by atoms with van der Waals surface area (Å²) in [6, 6.07) is 15.0. The maximum Gasteiger partial charge on any atom is 0.261 e. The van der Waals surface area contributed by atoms with Gasteiger partial charge in [0.05, 0.1) is 0 Å². The van der Waals surface area contributed by atoms with Gasteiger partial charge >= 0.3 is 0 Å². The number of aryl methyl sites for hydroxylation is 2. The topological polar surface area (TPSA) is 58.6 Å². The van der Waals surface area contributed by atoms with Crippen molar-refractivity contribution < 1.29 is 14.3 Å². The van der Waals surface area contributed by atoms with Gasteiger partial charge in [-0.05, 0) is 49.4 Å². The van der Waals surface area contributed by atoms with Crippen LogP contribution in [0.2, 0.25) is 0 Å². The molecule has 2 amide bonds. The van der Waals surface area contributed by atoms with Crippen LogP contribution in [0, 0.1) is 13.8 Å². The Balaban J connectivity index is 2.20. The smallest absolute Gasteiger partial charge is 0.261 e. The van der Waals surface area contributed by atoms with Crippen LogP contribution in [-0.2, 0) is 16.1 Å². The van der Waals surface area contributed by atoms with E-state index in [2.05, 4.69) is 12.2 Å². The first kappa shape index (κ1) is 23.5. The average Bonchev–Trinajstić information content (AvgIpc) is 2.74. The molecule has 0 fully saturated rings. The molecule has 0 aliphatic rings. The summed E-state index contributed by atoms with van der Waals surface area (Å²) in [6.45, 7) is 8.88. The van der Waals surface area contributed by atoms with Gasteiger partial charge in [0.25, 0.3) is 5.91 Å². The normalized spacial score (nSPS) is 11.6. The number of hydrogen-bond acceptors (Lipinski definition) is 3. The zero-order valence-corrected chi connectivity index (χ0v) is 18.6. The van der Waals surface area contributed by atoms with Crippen LogP contribution in [-0.4, -0.2) is 35.9 Å². The minimum absolute atomic E-state index is 0.102. The second-order valence-electron chi connectivity index (χ2n) is 7.57. The summed E-state index contributed by atoms with van der Waals surface area (Å²) < 4.78 is 5.80. The van der Waals surface area contributed by atoms with Crippen LogP contribution in [0.25, 0.3) is 0 Å². The predicted octanol–water partition coefficient (Wildman–Crippen LogP) is 4.41. The fraction of sp³-hybridized carbons (Fsp3) is 0.440. The molecule has 30 heavy (non-hydrogen) atoms. The highest BCUT2D eigenvalue weighted by Crippen LogP contribution is 2.18. The van der Waals surface area contributed by atoms with Gasteiger partial charge in [-0.15, -0.1) is 0 Å². The van der Waals surface area contributed by atoms with E-state index in [-0.39, 0.29) is 18.4 Å². The third-order valence-electron chi connectivity index (χ3n) is 5.26. The first-order valence-corrected chi connectivity index (χ1v) is 10.8. The second kappa shape index (κ2) is 12.0. The Bertz CT molecular complexity index is 835. The van der Waals surface area contributed by atoms with E-state index in [4.69, 9.17) is 4.74 Å². The van der Waals surface area contributed by atoms with Crippen LogP contribution in [0.5, 0.6) is 5.75 Å². The number of benzene rings is 2. The molecule has 0 bridgehead atoms. The molecule has 162 valence electrons. The van der Waals surface area contributed by atoms with Crippen molar-refractivity contribution in [3.63, 3.8) is 0 Å². The molecular weight excluding hydrogens is 376 g/mol. The lowest BCUT2D eigenvalue weighted by Crippen LogP contribution is -2.50. The van der Waals surface area contributed by atoms with E-state index in [1.807, 2.05) is 69.3 Å². The molecule has 2 aromatic carbocycles. The summed E-state index contributed by atoms with van der Waals surface area (Å²) in [5.41, 5.74) is 3.10. The molecule has 0 radical (unpaired) electrons. The molecule has 0 saturated heterocycles. The molecule has 0 saturated carbocycles. The lowest BCUT2D eigenvalue weighted by molar-refractivity contribution is -0.143. The Labute approximate surface area is 180 Å². The maximum atomic E-state index is 13.2. The van der Waals surface area contributed by atoms with E-state index in [1.165, 1.54) is 0 Å². The Morgan fingerprint density at radius 3 is 2.30 bits per heavy atom. The summed E-state index contributed by atoms with van der Waals surface area (Å²) in [7, 11) is 0. The van der Waals surface area contributed by atoms with Crippen LogP contribution in [0.4, 0.5) is 0 Å². The number of nitrogens with zero attached hydrogens (tertiary/aromatic N) is 1. The third-order valence-corrected chi connectivity index (χ3v) is 5.26. The van der Waals surface area contributed by atoms with Gasteiger partial charge < -0.3 is 15.0 Å². The van der Waals surface area contributed by atoms with Gasteiger partial charge in [0.2, 0.25) is 5.91 Å². The maximum absolute atomic E-state index is 13.2. The van der Waals surface area contributed by atoms with Gasteiger partial charge in [0.15, 0.2) is 6.61 Å². The van der Waals surface area contributed by atoms with E-state index < -0.39 is 6.04 Å². The molecule has 2 aromatic rings. The number of para-hydroxylation sites is 1. The van der Waals surface area contributed by atoms with E-state index in [0.717, 1.165) is 29.5 Å². The summed E-state index contributed by atoms with van der Waals surface area (Å²) >= 11 is 0. The molecule has 0 spiro atoms. The Morgan fingerprint density at radius 1 is 1.00 bits per heavy atom. The quantitative estimate of drug-likeness (QED) is 0.559.